The zero-order valence-corrected chi connectivity index (χ0v) is 19.6. The van der Waals surface area contributed by atoms with Crippen LogP contribution in [0, 0.1) is 22.0 Å². The number of nitro groups is 1. The van der Waals surface area contributed by atoms with Crippen molar-refractivity contribution in [2.24, 2.45) is 16.9 Å². The minimum absolute atomic E-state index is 0.105. The Hall–Kier alpha value is -4.86. The number of hydrogen-bond acceptors (Lipinski definition) is 8. The van der Waals surface area contributed by atoms with Crippen molar-refractivity contribution >= 4 is 35.2 Å². The number of carbonyl (C=O) groups is 3. The second-order valence-corrected chi connectivity index (χ2v) is 9.08. The summed E-state index contributed by atoms with van der Waals surface area (Å²) in [6, 6.07) is 17.7. The molecule has 37 heavy (non-hydrogen) atoms. The number of non-ortho nitro benzene ring substituents is 1. The minimum Gasteiger partial charge on any atom is -0.497 e. The number of anilines is 1. The van der Waals surface area contributed by atoms with Crippen LogP contribution in [0.2, 0.25) is 0 Å². The number of methoxy groups -OCH3 is 1. The second-order valence-electron chi connectivity index (χ2n) is 9.08. The summed E-state index contributed by atoms with van der Waals surface area (Å²) in [5.74, 6) is -2.77. The van der Waals surface area contributed by atoms with Gasteiger partial charge in [-0.3, -0.25) is 29.5 Å². The van der Waals surface area contributed by atoms with Gasteiger partial charge in [-0.1, -0.05) is 30.3 Å². The Morgan fingerprint density at radius 1 is 0.973 bits per heavy atom. The Balaban J connectivity index is 1.47. The highest BCUT2D eigenvalue weighted by Gasteiger charge is 2.65. The normalized spacial score (nSPS) is 23.5. The van der Waals surface area contributed by atoms with Crippen LogP contribution in [0.4, 0.5) is 11.4 Å². The number of Topliss-reactive ketones (excluding diaryl/α,β-unsaturated/α-hetero) is 1. The van der Waals surface area contributed by atoms with Crippen molar-refractivity contribution < 1.29 is 24.0 Å². The topological polar surface area (TPSA) is 122 Å². The Bertz CT molecular complexity index is 1500. The number of hydrogen-bond donors (Lipinski definition) is 0. The molecule has 2 saturated heterocycles. The van der Waals surface area contributed by atoms with Gasteiger partial charge in [-0.05, 0) is 41.5 Å². The van der Waals surface area contributed by atoms with Crippen molar-refractivity contribution in [3.63, 3.8) is 0 Å². The second kappa shape index (κ2) is 8.37. The monoisotopic (exact) mass is 496 g/mol. The standard InChI is InChI=1S/C27H20N4O6/c1-37-19-11-9-15(10-12-19)25(32)24-22-21(23-20-8-3-2-5-16(20)14-28-30(23)24)26(33)29(27(22)34)17-6-4-7-18(13-17)31(35)36/h2-14,21-24H,1H3/t21-,22+,23+,24-/m0/s1. The molecule has 0 spiro atoms. The fourth-order valence-electron chi connectivity index (χ4n) is 5.59. The van der Waals surface area contributed by atoms with Crippen molar-refractivity contribution in [2.75, 3.05) is 12.0 Å². The van der Waals surface area contributed by atoms with E-state index in [1.807, 2.05) is 24.3 Å². The molecule has 0 N–H and O–H groups in total. The first-order chi connectivity index (χ1) is 17.9. The van der Waals surface area contributed by atoms with Crippen molar-refractivity contribution in [1.82, 2.24) is 5.01 Å². The zero-order valence-electron chi connectivity index (χ0n) is 19.6. The third-order valence-corrected chi connectivity index (χ3v) is 7.24. The maximum Gasteiger partial charge on any atom is 0.271 e. The number of carbonyl (C=O) groups excluding carboxylic acids is 3. The lowest BCUT2D eigenvalue weighted by Gasteiger charge is -2.33. The summed E-state index contributed by atoms with van der Waals surface area (Å²) < 4.78 is 5.19. The minimum atomic E-state index is -1.03. The van der Waals surface area contributed by atoms with E-state index < -0.39 is 40.7 Å². The van der Waals surface area contributed by atoms with Crippen LogP contribution in [0.25, 0.3) is 0 Å². The molecule has 184 valence electrons. The molecule has 3 aliphatic heterocycles. The average molecular weight is 496 g/mol. The molecule has 10 nitrogen and oxygen atoms in total. The molecule has 0 saturated carbocycles. The van der Waals surface area contributed by atoms with Crippen molar-refractivity contribution in [2.45, 2.75) is 12.1 Å². The summed E-state index contributed by atoms with van der Waals surface area (Å²) in [6.45, 7) is 0. The van der Waals surface area contributed by atoms with Crippen LogP contribution in [-0.4, -0.2) is 46.9 Å². The van der Waals surface area contributed by atoms with Crippen LogP contribution < -0.4 is 9.64 Å². The van der Waals surface area contributed by atoms with Gasteiger partial charge in [0.1, 0.15) is 11.8 Å². The van der Waals surface area contributed by atoms with Gasteiger partial charge in [-0.2, -0.15) is 5.10 Å². The van der Waals surface area contributed by atoms with E-state index in [9.17, 15) is 24.5 Å². The van der Waals surface area contributed by atoms with Crippen LogP contribution in [0.1, 0.15) is 27.5 Å². The van der Waals surface area contributed by atoms with E-state index in [1.54, 1.807) is 35.5 Å². The fourth-order valence-corrected chi connectivity index (χ4v) is 5.59. The van der Waals surface area contributed by atoms with E-state index in [0.717, 1.165) is 16.0 Å². The highest BCUT2D eigenvalue weighted by atomic mass is 16.6. The maximum absolute atomic E-state index is 13.9. The van der Waals surface area contributed by atoms with Gasteiger partial charge in [-0.25, -0.2) is 4.90 Å². The highest BCUT2D eigenvalue weighted by Crippen LogP contribution is 2.53. The first kappa shape index (κ1) is 22.6. The number of nitro benzene ring substituents is 1. The summed E-state index contributed by atoms with van der Waals surface area (Å²) >= 11 is 0. The Morgan fingerprint density at radius 3 is 2.43 bits per heavy atom. The molecule has 3 aromatic rings. The first-order valence-electron chi connectivity index (χ1n) is 11.6. The largest absolute Gasteiger partial charge is 0.497 e. The predicted molar refractivity (Wildman–Crippen MR) is 132 cm³/mol. The molecule has 3 aliphatic rings. The van der Waals surface area contributed by atoms with Gasteiger partial charge in [-0.15, -0.1) is 0 Å². The molecule has 0 radical (unpaired) electrons. The number of hydrazone groups is 1. The molecule has 0 aliphatic carbocycles. The number of amides is 2. The third kappa shape index (κ3) is 3.33. The summed E-state index contributed by atoms with van der Waals surface area (Å²) in [6.07, 6.45) is 1.63. The fraction of sp³-hybridized carbons (Fsp3) is 0.185. The van der Waals surface area contributed by atoms with Crippen molar-refractivity contribution in [3.05, 3.63) is 99.6 Å². The Labute approximate surface area is 210 Å². The van der Waals surface area contributed by atoms with Gasteiger partial charge in [0.2, 0.25) is 11.8 Å². The molecular weight excluding hydrogens is 476 g/mol. The van der Waals surface area contributed by atoms with Crippen LogP contribution >= 0.6 is 0 Å². The van der Waals surface area contributed by atoms with Gasteiger partial charge in [0.05, 0.1) is 41.8 Å². The quantitative estimate of drug-likeness (QED) is 0.230. The highest BCUT2D eigenvalue weighted by molar-refractivity contribution is 6.24. The van der Waals surface area contributed by atoms with Gasteiger partial charge in [0.25, 0.3) is 5.69 Å². The van der Waals surface area contributed by atoms with E-state index in [1.165, 1.54) is 31.4 Å². The average Bonchev–Trinajstić information content (AvgIpc) is 3.40. The summed E-state index contributed by atoms with van der Waals surface area (Å²) in [4.78, 5) is 53.3. The molecule has 0 bridgehead atoms. The number of nitrogens with zero attached hydrogens (tertiary/aromatic N) is 4. The third-order valence-electron chi connectivity index (χ3n) is 7.24. The van der Waals surface area contributed by atoms with Crippen molar-refractivity contribution in [3.8, 4) is 5.75 Å². The van der Waals surface area contributed by atoms with E-state index in [2.05, 4.69) is 5.10 Å². The van der Waals surface area contributed by atoms with E-state index >= 15 is 0 Å². The molecule has 6 rings (SSSR count). The van der Waals surface area contributed by atoms with E-state index in [4.69, 9.17) is 4.74 Å². The number of imide groups is 1. The molecule has 3 heterocycles. The predicted octanol–water partition coefficient (Wildman–Crippen LogP) is 3.36. The summed E-state index contributed by atoms with van der Waals surface area (Å²) in [5, 5.41) is 17.4. The number of benzene rings is 3. The van der Waals surface area contributed by atoms with Gasteiger partial charge in [0, 0.05) is 17.7 Å². The van der Waals surface area contributed by atoms with Crippen LogP contribution in [0.5, 0.6) is 5.75 Å². The maximum atomic E-state index is 13.9. The van der Waals surface area contributed by atoms with E-state index in [0.29, 0.717) is 11.3 Å². The summed E-state index contributed by atoms with van der Waals surface area (Å²) in [7, 11) is 1.52. The summed E-state index contributed by atoms with van der Waals surface area (Å²) in [5.41, 5.74) is 1.81. The molecule has 2 amide bonds. The van der Waals surface area contributed by atoms with Crippen LogP contribution in [-0.2, 0) is 9.59 Å². The molecular formula is C27H20N4O6. The lowest BCUT2D eigenvalue weighted by atomic mass is 9.83. The lowest BCUT2D eigenvalue weighted by molar-refractivity contribution is -0.384. The van der Waals surface area contributed by atoms with E-state index in [-0.39, 0.29) is 17.2 Å². The van der Waals surface area contributed by atoms with Gasteiger partial charge in [0.15, 0.2) is 5.78 Å². The van der Waals surface area contributed by atoms with Crippen LogP contribution in [0.3, 0.4) is 0 Å². The molecule has 0 unspecified atom stereocenters. The lowest BCUT2D eigenvalue weighted by Crippen LogP contribution is -2.44. The van der Waals surface area contributed by atoms with Crippen molar-refractivity contribution in [1.29, 1.82) is 0 Å². The molecule has 0 aromatic heterocycles. The molecule has 10 heteroatoms. The smallest absolute Gasteiger partial charge is 0.271 e. The Morgan fingerprint density at radius 2 is 1.70 bits per heavy atom. The molecule has 2 fully saturated rings. The SMILES string of the molecule is COc1ccc(C(=O)[C@@H]2[C@@H]3C(=O)N(c4cccc([N+](=O)[O-])c4)C(=O)[C@@H]3[C@H]3c4ccccc4C=NN23)cc1. The number of rotatable bonds is 5. The zero-order chi connectivity index (χ0) is 25.8. The van der Waals surface area contributed by atoms with Crippen LogP contribution in [0.15, 0.2) is 77.9 Å². The number of ether oxygens (including phenoxy) is 1. The molecule has 4 atom stereocenters. The first-order valence-corrected chi connectivity index (χ1v) is 11.6. The van der Waals surface area contributed by atoms with Gasteiger partial charge < -0.3 is 4.74 Å². The molecule has 3 aromatic carbocycles. The Kier molecular flexibility index (Phi) is 5.11. The number of ketones is 1. The van der Waals surface area contributed by atoms with Gasteiger partial charge >= 0.3 is 0 Å². The number of fused-ring (bicyclic) bond motifs is 5.